The molecule has 1 unspecified atom stereocenters. The molecule has 1 rings (SSSR count). The molecule has 0 fully saturated rings. The highest BCUT2D eigenvalue weighted by Crippen LogP contribution is 2.14. The molecule has 0 saturated carbocycles. The fraction of sp³-hybridized carbons (Fsp3) is 0.682. The summed E-state index contributed by atoms with van der Waals surface area (Å²) in [5.41, 5.74) is 1.03. The van der Waals surface area contributed by atoms with Gasteiger partial charge in [0, 0.05) is 19.0 Å². The number of rotatable bonds is 18. The maximum absolute atomic E-state index is 12.1. The zero-order valence-corrected chi connectivity index (χ0v) is 19.5. The van der Waals surface area contributed by atoms with Crippen LogP contribution in [0.3, 0.4) is 0 Å². The third-order valence-corrected chi connectivity index (χ3v) is 4.09. The highest BCUT2D eigenvalue weighted by molar-refractivity contribution is 5.69. The van der Waals surface area contributed by atoms with Crippen LogP contribution >= 0.6 is 0 Å². The van der Waals surface area contributed by atoms with E-state index >= 15 is 0 Å². The van der Waals surface area contributed by atoms with Gasteiger partial charge in [0.05, 0.1) is 37.9 Å². The molecule has 0 saturated heterocycles. The van der Waals surface area contributed by atoms with Crippen LogP contribution in [0.25, 0.3) is 0 Å². The van der Waals surface area contributed by atoms with Gasteiger partial charge in [-0.05, 0) is 38.0 Å². The van der Waals surface area contributed by atoms with Crippen LogP contribution in [0.2, 0.25) is 0 Å². The predicted molar refractivity (Wildman–Crippen MR) is 116 cm³/mol. The third kappa shape index (κ3) is 15.1. The molecule has 0 spiro atoms. The standard InChI is InChI=1S/C22H38N2O8/c1-17(2)23-14-21(32-22(25)6-5-11-31-24(26)27)16-30-20-9-7-19(8-10-20)15-28-12-13-29-18(3)4/h7-10,17-18,21,23,26-27H,5-6,11-16H2,1-4H3. The van der Waals surface area contributed by atoms with Crippen LogP contribution in [-0.2, 0) is 30.4 Å². The van der Waals surface area contributed by atoms with Gasteiger partial charge in [0.2, 0.25) is 0 Å². The van der Waals surface area contributed by atoms with Gasteiger partial charge in [-0.15, -0.1) is 0 Å². The Kier molecular flexibility index (Phi) is 14.8. The average molecular weight is 459 g/mol. The van der Waals surface area contributed by atoms with E-state index in [1.54, 1.807) is 0 Å². The quantitative estimate of drug-likeness (QED) is 0.172. The van der Waals surface area contributed by atoms with Crippen molar-refractivity contribution in [2.75, 3.05) is 33.0 Å². The Hall–Kier alpha value is -1.79. The Morgan fingerprint density at radius 3 is 2.41 bits per heavy atom. The second-order valence-electron chi connectivity index (χ2n) is 7.79. The second kappa shape index (κ2) is 16.8. The summed E-state index contributed by atoms with van der Waals surface area (Å²) in [6, 6.07) is 7.79. The molecule has 1 atom stereocenters. The summed E-state index contributed by atoms with van der Waals surface area (Å²) in [6.07, 6.45) is 0.0980. The molecule has 0 aliphatic heterocycles. The lowest BCUT2D eigenvalue weighted by Gasteiger charge is -2.20. The minimum atomic E-state index is -0.470. The summed E-state index contributed by atoms with van der Waals surface area (Å²) in [7, 11) is 0. The van der Waals surface area contributed by atoms with Crippen LogP contribution in [0, 0.1) is 0 Å². The Bertz CT molecular complexity index is 610. The van der Waals surface area contributed by atoms with Gasteiger partial charge in [-0.2, -0.15) is 0 Å². The van der Waals surface area contributed by atoms with Crippen molar-refractivity contribution < 1.29 is 39.0 Å². The molecular formula is C22H38N2O8. The van der Waals surface area contributed by atoms with Gasteiger partial charge >= 0.3 is 5.97 Å². The smallest absolute Gasteiger partial charge is 0.306 e. The van der Waals surface area contributed by atoms with E-state index in [1.165, 1.54) is 0 Å². The molecule has 3 N–H and O–H groups in total. The normalized spacial score (nSPS) is 12.5. The third-order valence-electron chi connectivity index (χ3n) is 4.09. The van der Waals surface area contributed by atoms with Crippen LogP contribution in [0.4, 0.5) is 0 Å². The largest absolute Gasteiger partial charge is 0.490 e. The Morgan fingerprint density at radius 1 is 1.06 bits per heavy atom. The van der Waals surface area contributed by atoms with Crippen molar-refractivity contribution in [3.8, 4) is 5.75 Å². The lowest BCUT2D eigenvalue weighted by atomic mass is 10.2. The van der Waals surface area contributed by atoms with Gasteiger partial charge in [-0.25, -0.2) is 0 Å². The molecule has 1 aromatic carbocycles. The molecule has 0 bridgehead atoms. The van der Waals surface area contributed by atoms with Crippen molar-refractivity contribution in [1.82, 2.24) is 10.7 Å². The van der Waals surface area contributed by atoms with E-state index in [9.17, 15) is 4.79 Å². The molecule has 10 heteroatoms. The number of carbonyl (C=O) groups is 1. The van der Waals surface area contributed by atoms with Crippen LogP contribution in [0.5, 0.6) is 5.75 Å². The fourth-order valence-electron chi connectivity index (χ4n) is 2.51. The van der Waals surface area contributed by atoms with Crippen LogP contribution < -0.4 is 10.1 Å². The van der Waals surface area contributed by atoms with Crippen molar-refractivity contribution in [3.05, 3.63) is 29.8 Å². The first kappa shape index (κ1) is 28.2. The number of hydrogen-bond donors (Lipinski definition) is 3. The van der Waals surface area contributed by atoms with E-state index in [-0.39, 0.29) is 43.6 Å². The maximum Gasteiger partial charge on any atom is 0.306 e. The van der Waals surface area contributed by atoms with Crippen LogP contribution in [0.15, 0.2) is 24.3 Å². The Labute approximate surface area is 190 Å². The van der Waals surface area contributed by atoms with Gasteiger partial charge in [0.25, 0.3) is 0 Å². The molecule has 32 heavy (non-hydrogen) atoms. The summed E-state index contributed by atoms with van der Waals surface area (Å²) < 4.78 is 22.3. The van der Waals surface area contributed by atoms with Crippen molar-refractivity contribution in [1.29, 1.82) is 0 Å². The number of carbonyl (C=O) groups excluding carboxylic acids is 1. The van der Waals surface area contributed by atoms with E-state index in [0.717, 1.165) is 5.56 Å². The van der Waals surface area contributed by atoms with E-state index in [1.807, 2.05) is 52.0 Å². The van der Waals surface area contributed by atoms with Crippen LogP contribution in [0.1, 0.15) is 46.1 Å². The van der Waals surface area contributed by atoms with Crippen LogP contribution in [-0.4, -0.2) is 73.0 Å². The lowest BCUT2D eigenvalue weighted by Crippen LogP contribution is -2.38. The van der Waals surface area contributed by atoms with E-state index in [2.05, 4.69) is 10.2 Å². The number of benzene rings is 1. The number of ether oxygens (including phenoxy) is 4. The van der Waals surface area contributed by atoms with Gasteiger partial charge < -0.3 is 24.3 Å². The zero-order chi connectivity index (χ0) is 23.8. The second-order valence-corrected chi connectivity index (χ2v) is 7.79. The lowest BCUT2D eigenvalue weighted by molar-refractivity contribution is -0.492. The van der Waals surface area contributed by atoms with Gasteiger partial charge in [-0.1, -0.05) is 26.0 Å². The molecule has 1 aromatic rings. The molecule has 0 heterocycles. The predicted octanol–water partition coefficient (Wildman–Crippen LogP) is 2.71. The molecule has 0 aromatic heterocycles. The molecule has 0 radical (unpaired) electrons. The molecule has 10 nitrogen and oxygen atoms in total. The number of hydrogen-bond acceptors (Lipinski definition) is 10. The summed E-state index contributed by atoms with van der Waals surface area (Å²) in [6.45, 7) is 10.2. The maximum atomic E-state index is 12.1. The molecule has 0 amide bonds. The van der Waals surface area contributed by atoms with Gasteiger partial charge in [0.1, 0.15) is 18.5 Å². The summed E-state index contributed by atoms with van der Waals surface area (Å²) in [5.74, 6) is 0.256. The highest BCUT2D eigenvalue weighted by Gasteiger charge is 2.16. The van der Waals surface area contributed by atoms with Gasteiger partial charge in [-0.3, -0.25) is 20.0 Å². The molecular weight excluding hydrogens is 420 g/mol. The van der Waals surface area contributed by atoms with Crippen molar-refractivity contribution in [2.24, 2.45) is 0 Å². The summed E-state index contributed by atoms with van der Waals surface area (Å²) in [4.78, 5) is 16.5. The summed E-state index contributed by atoms with van der Waals surface area (Å²) >= 11 is 0. The number of esters is 1. The topological polar surface area (TPSA) is 119 Å². The van der Waals surface area contributed by atoms with Crippen molar-refractivity contribution in [2.45, 2.75) is 65.4 Å². The molecule has 0 aliphatic rings. The van der Waals surface area contributed by atoms with E-state index in [0.29, 0.717) is 32.1 Å². The van der Waals surface area contributed by atoms with Crippen molar-refractivity contribution >= 4 is 5.97 Å². The van der Waals surface area contributed by atoms with Crippen molar-refractivity contribution in [3.63, 3.8) is 0 Å². The fourth-order valence-corrected chi connectivity index (χ4v) is 2.51. The first-order chi connectivity index (χ1) is 15.3. The minimum absolute atomic E-state index is 0.0195. The highest BCUT2D eigenvalue weighted by atomic mass is 17.1. The minimum Gasteiger partial charge on any atom is -0.490 e. The molecule has 184 valence electrons. The van der Waals surface area contributed by atoms with Gasteiger partial charge in [0.15, 0.2) is 0 Å². The SMILES string of the molecule is CC(C)NCC(COc1ccc(COCCOC(C)C)cc1)OC(=O)CCCON(O)O. The molecule has 0 aliphatic carbocycles. The van der Waals surface area contributed by atoms with E-state index < -0.39 is 12.1 Å². The Morgan fingerprint density at radius 2 is 1.78 bits per heavy atom. The summed E-state index contributed by atoms with van der Waals surface area (Å²) in [5, 5.41) is 19.8. The zero-order valence-electron chi connectivity index (χ0n) is 19.5. The Balaban J connectivity index is 2.41. The first-order valence-electron chi connectivity index (χ1n) is 10.9. The first-order valence-corrected chi connectivity index (χ1v) is 10.9. The number of nitrogens with zero attached hydrogens (tertiary/aromatic N) is 1. The number of nitrogens with one attached hydrogen (secondary N) is 1. The van der Waals surface area contributed by atoms with E-state index in [4.69, 9.17) is 29.4 Å². The average Bonchev–Trinajstić information content (AvgIpc) is 2.73. The monoisotopic (exact) mass is 458 g/mol.